The lowest BCUT2D eigenvalue weighted by atomic mass is 9.89. The molecule has 11 rings (SSSR count). The number of pyridine rings is 1. The lowest BCUT2D eigenvalue weighted by Crippen LogP contribution is -1.89. The van der Waals surface area contributed by atoms with Crippen LogP contribution < -0.4 is 0 Å². The van der Waals surface area contributed by atoms with Crippen molar-refractivity contribution in [2.75, 3.05) is 0 Å². The molecule has 3 heteroatoms. The SMILES string of the molecule is c1cncc(-c2ccc(-c3ccc(-c4nc5c(-c6cc7ccccc7c7ccccc67)cc(-c6cc7ccccc7c7ccccc67)cc5o4)cc3)cc2)c1. The Balaban J connectivity index is 1.10. The van der Waals surface area contributed by atoms with Crippen LogP contribution in [-0.4, -0.2) is 9.97 Å². The highest BCUT2D eigenvalue weighted by atomic mass is 16.3. The predicted octanol–water partition coefficient (Wildman–Crippen LogP) is 14.2. The summed E-state index contributed by atoms with van der Waals surface area (Å²) in [6, 6.07) is 65.0. The first kappa shape index (κ1) is 31.2. The molecule has 0 saturated heterocycles. The molecule has 2 aromatic heterocycles. The molecule has 0 bridgehead atoms. The highest BCUT2D eigenvalue weighted by molar-refractivity contribution is 6.18. The first-order chi connectivity index (χ1) is 27.2. The molecular weight excluding hydrogens is 669 g/mol. The van der Waals surface area contributed by atoms with Crippen molar-refractivity contribution in [2.24, 2.45) is 0 Å². The van der Waals surface area contributed by atoms with Crippen molar-refractivity contribution in [3.63, 3.8) is 0 Å². The normalized spacial score (nSPS) is 11.6. The van der Waals surface area contributed by atoms with Gasteiger partial charge in [-0.15, -0.1) is 0 Å². The summed E-state index contributed by atoms with van der Waals surface area (Å²) in [6.07, 6.45) is 3.69. The fourth-order valence-corrected chi connectivity index (χ4v) is 8.28. The third-order valence-electron chi connectivity index (χ3n) is 11.0. The van der Waals surface area contributed by atoms with Gasteiger partial charge in [-0.2, -0.15) is 0 Å². The Hall–Kier alpha value is -7.36. The van der Waals surface area contributed by atoms with Gasteiger partial charge in [-0.25, -0.2) is 4.98 Å². The van der Waals surface area contributed by atoms with Gasteiger partial charge in [0.1, 0.15) is 5.52 Å². The molecule has 0 radical (unpaired) electrons. The van der Waals surface area contributed by atoms with Crippen LogP contribution in [0.4, 0.5) is 0 Å². The molecule has 55 heavy (non-hydrogen) atoms. The molecule has 0 fully saturated rings. The monoisotopic (exact) mass is 700 g/mol. The molecule has 3 nitrogen and oxygen atoms in total. The van der Waals surface area contributed by atoms with E-state index >= 15 is 0 Å². The van der Waals surface area contributed by atoms with Crippen molar-refractivity contribution in [1.82, 2.24) is 9.97 Å². The Kier molecular flexibility index (Phi) is 7.17. The van der Waals surface area contributed by atoms with Gasteiger partial charge >= 0.3 is 0 Å². The molecular formula is C52H32N2O. The van der Waals surface area contributed by atoms with Gasteiger partial charge in [-0.05, 0) is 124 Å². The number of aromatic nitrogens is 2. The van der Waals surface area contributed by atoms with Crippen LogP contribution in [0.5, 0.6) is 0 Å². The van der Waals surface area contributed by atoms with Crippen LogP contribution in [0, 0.1) is 0 Å². The minimum Gasteiger partial charge on any atom is -0.436 e. The van der Waals surface area contributed by atoms with Crippen LogP contribution in [0.2, 0.25) is 0 Å². The van der Waals surface area contributed by atoms with Crippen LogP contribution in [0.3, 0.4) is 0 Å². The Morgan fingerprint density at radius 3 is 1.45 bits per heavy atom. The summed E-state index contributed by atoms with van der Waals surface area (Å²) in [6.45, 7) is 0. The van der Waals surface area contributed by atoms with E-state index in [9.17, 15) is 0 Å². The second kappa shape index (κ2) is 12.6. The Morgan fingerprint density at radius 2 is 0.855 bits per heavy atom. The Labute approximate surface area is 317 Å². The van der Waals surface area contributed by atoms with E-state index in [1.54, 1.807) is 6.20 Å². The Bertz CT molecular complexity index is 3230. The Morgan fingerprint density at radius 1 is 0.345 bits per heavy atom. The molecule has 0 aliphatic heterocycles. The molecule has 0 atom stereocenters. The molecule has 0 N–H and O–H groups in total. The van der Waals surface area contributed by atoms with Gasteiger partial charge in [-0.1, -0.05) is 140 Å². The van der Waals surface area contributed by atoms with Crippen LogP contribution in [0.25, 0.3) is 110 Å². The highest BCUT2D eigenvalue weighted by Crippen LogP contribution is 2.43. The number of benzene rings is 9. The van der Waals surface area contributed by atoms with Crippen molar-refractivity contribution in [1.29, 1.82) is 0 Å². The van der Waals surface area contributed by atoms with E-state index in [0.29, 0.717) is 5.89 Å². The van der Waals surface area contributed by atoms with E-state index in [-0.39, 0.29) is 0 Å². The van der Waals surface area contributed by atoms with Gasteiger partial charge in [0.25, 0.3) is 0 Å². The first-order valence-corrected chi connectivity index (χ1v) is 18.6. The summed E-state index contributed by atoms with van der Waals surface area (Å²) in [5.74, 6) is 0.598. The van der Waals surface area contributed by atoms with E-state index in [4.69, 9.17) is 9.40 Å². The molecule has 0 unspecified atom stereocenters. The molecule has 11 aromatic rings. The topological polar surface area (TPSA) is 38.9 Å². The molecule has 256 valence electrons. The molecule has 0 aliphatic carbocycles. The van der Waals surface area contributed by atoms with Gasteiger partial charge in [-0.3, -0.25) is 4.98 Å². The van der Waals surface area contributed by atoms with Gasteiger partial charge in [0.05, 0.1) is 0 Å². The lowest BCUT2D eigenvalue weighted by molar-refractivity contribution is 0.620. The van der Waals surface area contributed by atoms with Gasteiger partial charge < -0.3 is 4.42 Å². The summed E-state index contributed by atoms with van der Waals surface area (Å²) in [7, 11) is 0. The first-order valence-electron chi connectivity index (χ1n) is 18.6. The largest absolute Gasteiger partial charge is 0.436 e. The smallest absolute Gasteiger partial charge is 0.227 e. The number of oxazole rings is 1. The summed E-state index contributed by atoms with van der Waals surface area (Å²) in [4.78, 5) is 9.54. The van der Waals surface area contributed by atoms with E-state index < -0.39 is 0 Å². The summed E-state index contributed by atoms with van der Waals surface area (Å²) < 4.78 is 6.77. The number of rotatable bonds is 5. The van der Waals surface area contributed by atoms with Gasteiger partial charge in [0.2, 0.25) is 5.89 Å². The quantitative estimate of drug-likeness (QED) is 0.168. The zero-order valence-corrected chi connectivity index (χ0v) is 29.8. The van der Waals surface area contributed by atoms with Crippen molar-refractivity contribution in [2.45, 2.75) is 0 Å². The molecule has 0 spiro atoms. The number of fused-ring (bicyclic) bond motifs is 7. The maximum absolute atomic E-state index is 6.77. The number of nitrogens with zero attached hydrogens (tertiary/aromatic N) is 2. The van der Waals surface area contributed by atoms with Gasteiger partial charge in [0.15, 0.2) is 5.58 Å². The van der Waals surface area contributed by atoms with Gasteiger partial charge in [0, 0.05) is 23.5 Å². The third kappa shape index (κ3) is 5.28. The molecule has 2 heterocycles. The summed E-state index contributed by atoms with van der Waals surface area (Å²) >= 11 is 0. The van der Waals surface area contributed by atoms with E-state index in [0.717, 1.165) is 55.6 Å². The van der Waals surface area contributed by atoms with Crippen LogP contribution in [0.15, 0.2) is 199 Å². The average molecular weight is 701 g/mol. The number of hydrogen-bond acceptors (Lipinski definition) is 3. The minimum absolute atomic E-state index is 0.598. The van der Waals surface area contributed by atoms with E-state index in [1.807, 2.05) is 12.3 Å². The average Bonchev–Trinajstić information content (AvgIpc) is 3.70. The fraction of sp³-hybridized carbons (Fsp3) is 0. The van der Waals surface area contributed by atoms with Crippen molar-refractivity contribution in [3.8, 4) is 56.0 Å². The highest BCUT2D eigenvalue weighted by Gasteiger charge is 2.20. The van der Waals surface area contributed by atoms with E-state index in [2.05, 4.69) is 181 Å². The maximum atomic E-state index is 6.77. The predicted molar refractivity (Wildman–Crippen MR) is 229 cm³/mol. The van der Waals surface area contributed by atoms with Crippen molar-refractivity contribution < 1.29 is 4.42 Å². The van der Waals surface area contributed by atoms with Crippen LogP contribution in [0.1, 0.15) is 0 Å². The number of hydrogen-bond donors (Lipinski definition) is 0. The second-order valence-corrected chi connectivity index (χ2v) is 14.2. The zero-order chi connectivity index (χ0) is 36.3. The summed E-state index contributed by atoms with van der Waals surface area (Å²) in [5, 5.41) is 9.74. The zero-order valence-electron chi connectivity index (χ0n) is 29.8. The minimum atomic E-state index is 0.598. The fourth-order valence-electron chi connectivity index (χ4n) is 8.28. The maximum Gasteiger partial charge on any atom is 0.227 e. The van der Waals surface area contributed by atoms with Crippen molar-refractivity contribution in [3.05, 3.63) is 194 Å². The molecule has 9 aromatic carbocycles. The van der Waals surface area contributed by atoms with Crippen LogP contribution >= 0.6 is 0 Å². The third-order valence-corrected chi connectivity index (χ3v) is 11.0. The van der Waals surface area contributed by atoms with Crippen molar-refractivity contribution >= 4 is 54.2 Å². The van der Waals surface area contributed by atoms with Crippen LogP contribution in [-0.2, 0) is 0 Å². The molecule has 0 amide bonds. The molecule has 0 saturated carbocycles. The van der Waals surface area contributed by atoms with E-state index in [1.165, 1.54) is 48.7 Å². The second-order valence-electron chi connectivity index (χ2n) is 14.2. The standard InChI is InChI=1S/C52H32N2O/c1-3-13-41-37(10-1)28-47(45-17-7-5-15-43(41)45)40-30-49(48-29-38-11-2-4-14-42(38)44-16-6-8-18-46(44)48)51-50(31-40)55-52(54-51)36-25-23-34(24-26-36)33-19-21-35(22-20-33)39-12-9-27-53-32-39/h1-32H. The molecule has 0 aliphatic rings. The summed E-state index contributed by atoms with van der Waals surface area (Å²) in [5.41, 5.74) is 11.5. The lowest BCUT2D eigenvalue weighted by Gasteiger charge is -2.14.